The Balaban J connectivity index is 1.60. The molecule has 1 heterocycles. The third kappa shape index (κ3) is 4.43. The van der Waals surface area contributed by atoms with Gasteiger partial charge in [-0.25, -0.2) is 4.79 Å². The van der Waals surface area contributed by atoms with Gasteiger partial charge in [0.15, 0.2) is 0 Å². The summed E-state index contributed by atoms with van der Waals surface area (Å²) in [4.78, 5) is 24.6. The van der Waals surface area contributed by atoms with Crippen LogP contribution in [0.25, 0.3) is 16.6 Å². The van der Waals surface area contributed by atoms with Crippen molar-refractivity contribution in [3.05, 3.63) is 99.7 Å². The number of nitrogens with zero attached hydrogens (tertiary/aromatic N) is 1. The normalized spacial score (nSPS) is 10.8. The predicted molar refractivity (Wildman–Crippen MR) is 122 cm³/mol. The molecule has 4 aromatic rings. The lowest BCUT2D eigenvalue weighted by Crippen LogP contribution is -2.24. The molecule has 0 aliphatic heterocycles. The second-order valence-electron chi connectivity index (χ2n) is 6.92. The lowest BCUT2D eigenvalue weighted by atomic mass is 10.1. The van der Waals surface area contributed by atoms with Gasteiger partial charge < -0.3 is 14.6 Å². The number of methoxy groups -OCH3 is 1. The van der Waals surface area contributed by atoms with Gasteiger partial charge in [0.25, 0.3) is 5.91 Å². The van der Waals surface area contributed by atoms with Crippen LogP contribution < -0.4 is 5.32 Å². The quantitative estimate of drug-likeness (QED) is 0.397. The molecule has 0 fully saturated rings. The Hall–Kier alpha value is -3.28. The predicted octanol–water partition coefficient (Wildman–Crippen LogP) is 5.65. The van der Waals surface area contributed by atoms with Crippen LogP contribution >= 0.6 is 23.2 Å². The number of benzene rings is 3. The van der Waals surface area contributed by atoms with E-state index >= 15 is 0 Å². The fraction of sp³-hybridized carbons (Fsp3) is 0.0833. The number of amides is 1. The topological polar surface area (TPSA) is 60.3 Å². The standard InChI is InChI=1S/C24H18Cl2N2O3/c1-31-24(30)16-4-2-15(3-5-16)14-27-23(29)20-13-19(26)7-9-22(20)28-11-10-17-12-18(25)6-8-21(17)28/h2-13H,14H2,1H3,(H,27,29). The van der Waals surface area contributed by atoms with E-state index in [1.165, 1.54) is 7.11 Å². The first-order valence-corrected chi connectivity index (χ1v) is 10.2. The van der Waals surface area contributed by atoms with Gasteiger partial charge in [-0.1, -0.05) is 35.3 Å². The van der Waals surface area contributed by atoms with Crippen LogP contribution in [0.4, 0.5) is 0 Å². The number of rotatable bonds is 5. The van der Waals surface area contributed by atoms with Crippen molar-refractivity contribution in [3.63, 3.8) is 0 Å². The van der Waals surface area contributed by atoms with Crippen LogP contribution in [0.15, 0.2) is 72.9 Å². The number of carbonyl (C=O) groups is 2. The van der Waals surface area contributed by atoms with Crippen molar-refractivity contribution in [2.24, 2.45) is 0 Å². The molecule has 0 aliphatic carbocycles. The van der Waals surface area contributed by atoms with Crippen molar-refractivity contribution in [1.29, 1.82) is 0 Å². The van der Waals surface area contributed by atoms with E-state index in [1.54, 1.807) is 36.4 Å². The minimum Gasteiger partial charge on any atom is -0.465 e. The van der Waals surface area contributed by atoms with Crippen LogP contribution in [-0.4, -0.2) is 23.6 Å². The molecule has 1 N–H and O–H groups in total. The molecule has 0 bridgehead atoms. The first-order chi connectivity index (χ1) is 15.0. The van der Waals surface area contributed by atoms with Gasteiger partial charge in [-0.05, 0) is 60.2 Å². The third-order valence-electron chi connectivity index (χ3n) is 4.94. The minimum atomic E-state index is -0.403. The minimum absolute atomic E-state index is 0.259. The summed E-state index contributed by atoms with van der Waals surface area (Å²) < 4.78 is 6.63. The van der Waals surface area contributed by atoms with Crippen LogP contribution in [0, 0.1) is 0 Å². The summed E-state index contributed by atoms with van der Waals surface area (Å²) in [6, 6.07) is 19.6. The zero-order valence-electron chi connectivity index (χ0n) is 16.6. The highest BCUT2D eigenvalue weighted by Crippen LogP contribution is 2.27. The summed E-state index contributed by atoms with van der Waals surface area (Å²) in [7, 11) is 1.33. The smallest absolute Gasteiger partial charge is 0.337 e. The zero-order chi connectivity index (χ0) is 22.0. The Labute approximate surface area is 189 Å². The molecule has 7 heteroatoms. The maximum atomic E-state index is 13.0. The van der Waals surface area contributed by atoms with Gasteiger partial charge in [-0.2, -0.15) is 0 Å². The molecule has 156 valence electrons. The van der Waals surface area contributed by atoms with E-state index in [9.17, 15) is 9.59 Å². The third-order valence-corrected chi connectivity index (χ3v) is 5.41. The van der Waals surface area contributed by atoms with Crippen LogP contribution in [-0.2, 0) is 11.3 Å². The summed E-state index contributed by atoms with van der Waals surface area (Å²) in [5.74, 6) is -0.662. The number of hydrogen-bond acceptors (Lipinski definition) is 3. The van der Waals surface area contributed by atoms with Crippen molar-refractivity contribution < 1.29 is 14.3 Å². The number of aromatic nitrogens is 1. The van der Waals surface area contributed by atoms with E-state index in [1.807, 2.05) is 41.1 Å². The highest BCUT2D eigenvalue weighted by atomic mass is 35.5. The number of esters is 1. The summed E-state index contributed by atoms with van der Waals surface area (Å²) >= 11 is 12.3. The van der Waals surface area contributed by atoms with Gasteiger partial charge in [0, 0.05) is 28.2 Å². The molecule has 3 aromatic carbocycles. The van der Waals surface area contributed by atoms with Gasteiger partial charge in [-0.15, -0.1) is 0 Å². The number of hydrogen-bond donors (Lipinski definition) is 1. The molecule has 1 amide bonds. The average molecular weight is 453 g/mol. The van der Waals surface area contributed by atoms with E-state index in [0.717, 1.165) is 16.5 Å². The lowest BCUT2D eigenvalue weighted by Gasteiger charge is -2.13. The Bertz CT molecular complexity index is 1280. The highest BCUT2D eigenvalue weighted by molar-refractivity contribution is 6.31. The van der Waals surface area contributed by atoms with Crippen molar-refractivity contribution in [2.75, 3.05) is 7.11 Å². The summed E-state index contributed by atoms with van der Waals surface area (Å²) in [5.41, 5.74) is 3.39. The van der Waals surface area contributed by atoms with Crippen molar-refractivity contribution in [3.8, 4) is 5.69 Å². The molecule has 0 saturated heterocycles. The van der Waals surface area contributed by atoms with E-state index < -0.39 is 5.97 Å². The van der Waals surface area contributed by atoms with Crippen LogP contribution in [0.3, 0.4) is 0 Å². The fourth-order valence-electron chi connectivity index (χ4n) is 3.38. The fourth-order valence-corrected chi connectivity index (χ4v) is 3.73. The van der Waals surface area contributed by atoms with Gasteiger partial charge >= 0.3 is 5.97 Å². The molecule has 0 aliphatic rings. The van der Waals surface area contributed by atoms with E-state index in [-0.39, 0.29) is 5.91 Å². The van der Waals surface area contributed by atoms with Crippen molar-refractivity contribution in [1.82, 2.24) is 9.88 Å². The summed E-state index contributed by atoms with van der Waals surface area (Å²) in [6.07, 6.45) is 1.90. The number of ether oxygens (including phenoxy) is 1. The highest BCUT2D eigenvalue weighted by Gasteiger charge is 2.15. The number of carbonyl (C=O) groups excluding carboxylic acids is 2. The Kier molecular flexibility index (Phi) is 5.98. The molecule has 0 spiro atoms. The van der Waals surface area contributed by atoms with E-state index in [2.05, 4.69) is 5.32 Å². The van der Waals surface area contributed by atoms with Crippen molar-refractivity contribution >= 4 is 46.0 Å². The van der Waals surface area contributed by atoms with E-state index in [4.69, 9.17) is 27.9 Å². The van der Waals surface area contributed by atoms with Gasteiger partial charge in [0.2, 0.25) is 0 Å². The average Bonchev–Trinajstić information content (AvgIpc) is 3.20. The molecule has 0 atom stereocenters. The second-order valence-corrected chi connectivity index (χ2v) is 7.79. The monoisotopic (exact) mass is 452 g/mol. The molecule has 0 unspecified atom stereocenters. The largest absolute Gasteiger partial charge is 0.465 e. The molecule has 5 nitrogen and oxygen atoms in total. The molecule has 1 aromatic heterocycles. The van der Waals surface area contributed by atoms with Gasteiger partial charge in [0.05, 0.1) is 29.4 Å². The Morgan fingerprint density at radius 3 is 2.39 bits per heavy atom. The van der Waals surface area contributed by atoms with Crippen LogP contribution in [0.1, 0.15) is 26.3 Å². The zero-order valence-corrected chi connectivity index (χ0v) is 18.1. The molecule has 0 saturated carbocycles. The first kappa shape index (κ1) is 21.0. The van der Waals surface area contributed by atoms with Gasteiger partial charge in [-0.3, -0.25) is 4.79 Å². The molecule has 4 rings (SSSR count). The molecule has 31 heavy (non-hydrogen) atoms. The number of fused-ring (bicyclic) bond motifs is 1. The van der Waals surface area contributed by atoms with Crippen molar-refractivity contribution in [2.45, 2.75) is 6.54 Å². The summed E-state index contributed by atoms with van der Waals surface area (Å²) in [6.45, 7) is 0.300. The number of nitrogens with one attached hydrogen (secondary N) is 1. The second kappa shape index (κ2) is 8.84. The molecular formula is C24H18Cl2N2O3. The maximum Gasteiger partial charge on any atom is 0.337 e. The maximum absolute atomic E-state index is 13.0. The SMILES string of the molecule is COC(=O)c1ccc(CNC(=O)c2cc(Cl)ccc2-n2ccc3cc(Cl)ccc32)cc1. The Morgan fingerprint density at radius 2 is 1.65 bits per heavy atom. The lowest BCUT2D eigenvalue weighted by molar-refractivity contribution is 0.0600. The Morgan fingerprint density at radius 1 is 0.935 bits per heavy atom. The summed E-state index contributed by atoms with van der Waals surface area (Å²) in [5, 5.41) is 5.01. The van der Waals surface area contributed by atoms with Crippen LogP contribution in [0.2, 0.25) is 10.0 Å². The molecule has 0 radical (unpaired) electrons. The van der Waals surface area contributed by atoms with Crippen LogP contribution in [0.5, 0.6) is 0 Å². The molecular weight excluding hydrogens is 435 g/mol. The first-order valence-electron chi connectivity index (χ1n) is 9.48. The number of halogens is 2. The van der Waals surface area contributed by atoms with E-state index in [0.29, 0.717) is 33.4 Å². The van der Waals surface area contributed by atoms with Gasteiger partial charge in [0.1, 0.15) is 0 Å².